The number of amides is 1. The number of nitrogens with zero attached hydrogens (tertiary/aromatic N) is 3. The minimum atomic E-state index is -4.68. The molecule has 35 heavy (non-hydrogen) atoms. The van der Waals surface area contributed by atoms with Gasteiger partial charge in [0.05, 0.1) is 33.4 Å². The molecule has 0 radical (unpaired) electrons. The monoisotopic (exact) mass is 498 g/mol. The van der Waals surface area contributed by atoms with Gasteiger partial charge in [-0.25, -0.2) is 9.37 Å². The van der Waals surface area contributed by atoms with E-state index in [0.29, 0.717) is 11.6 Å². The van der Waals surface area contributed by atoms with Crippen LogP contribution in [0.1, 0.15) is 37.5 Å². The van der Waals surface area contributed by atoms with Gasteiger partial charge >= 0.3 is 6.18 Å². The zero-order valence-corrected chi connectivity index (χ0v) is 18.1. The third kappa shape index (κ3) is 4.95. The van der Waals surface area contributed by atoms with E-state index in [-0.39, 0.29) is 33.6 Å². The highest BCUT2D eigenvalue weighted by Crippen LogP contribution is 2.35. The maximum atomic E-state index is 14.5. The molecule has 1 amide bonds. The number of nitriles is 1. The largest absolute Gasteiger partial charge is 0.417 e. The zero-order chi connectivity index (χ0) is 25.3. The molecule has 1 heterocycles. The van der Waals surface area contributed by atoms with Crippen molar-refractivity contribution < 1.29 is 27.2 Å². The van der Waals surface area contributed by atoms with Crippen molar-refractivity contribution in [3.05, 3.63) is 99.6 Å². The van der Waals surface area contributed by atoms with Crippen LogP contribution in [0.5, 0.6) is 0 Å². The molecule has 0 unspecified atom stereocenters. The fourth-order valence-electron chi connectivity index (χ4n) is 3.23. The van der Waals surface area contributed by atoms with Crippen molar-refractivity contribution in [3.63, 3.8) is 0 Å². The van der Waals surface area contributed by atoms with Crippen LogP contribution in [-0.2, 0) is 6.18 Å². The summed E-state index contributed by atoms with van der Waals surface area (Å²) in [5, 5.41) is 10.7. The number of carbonyl (C=O) groups is 2. The molecule has 4 aromatic rings. The summed E-state index contributed by atoms with van der Waals surface area (Å²) in [5.74, 6) is -2.39. The SMILES string of the molecule is N#Cc1cnc2ccc(C(=O)c3cc(NC(=O)c4ccc(C(F)(F)F)c(Cl)c4)ccc3F)cc2n1. The molecule has 4 rings (SSSR count). The topological polar surface area (TPSA) is 95.7 Å². The average Bonchev–Trinajstić information content (AvgIpc) is 2.83. The predicted octanol–water partition coefficient (Wildman–Crippen LogP) is 5.80. The van der Waals surface area contributed by atoms with Crippen molar-refractivity contribution in [3.8, 4) is 6.07 Å². The number of benzene rings is 3. The second-order valence-electron chi connectivity index (χ2n) is 7.24. The van der Waals surface area contributed by atoms with Crippen molar-refractivity contribution in [2.75, 3.05) is 5.32 Å². The lowest BCUT2D eigenvalue weighted by Crippen LogP contribution is -2.14. The lowest BCUT2D eigenvalue weighted by Gasteiger charge is -2.11. The van der Waals surface area contributed by atoms with Gasteiger partial charge in [-0.05, 0) is 54.6 Å². The second-order valence-corrected chi connectivity index (χ2v) is 7.65. The Balaban J connectivity index is 1.61. The standard InChI is InChI=1S/C24H11ClF4N4O2/c25-18-7-13(1-4-17(18)24(27,28)29)23(35)33-14-3-5-19(26)16(9-14)22(34)12-2-6-20-21(8-12)32-15(10-30)11-31-20/h1-9,11H,(H,33,35). The van der Waals surface area contributed by atoms with Crippen molar-refractivity contribution in [1.29, 1.82) is 5.26 Å². The quantitative estimate of drug-likeness (QED) is 0.283. The van der Waals surface area contributed by atoms with Gasteiger partial charge < -0.3 is 5.32 Å². The summed E-state index contributed by atoms with van der Waals surface area (Å²) in [4.78, 5) is 33.6. The lowest BCUT2D eigenvalue weighted by molar-refractivity contribution is -0.137. The molecule has 11 heteroatoms. The van der Waals surface area contributed by atoms with Crippen molar-refractivity contribution >= 4 is 40.0 Å². The van der Waals surface area contributed by atoms with E-state index in [1.54, 1.807) is 0 Å². The molecule has 1 N–H and O–H groups in total. The molecule has 0 aliphatic heterocycles. The van der Waals surface area contributed by atoms with Crippen molar-refractivity contribution in [1.82, 2.24) is 9.97 Å². The Morgan fingerprint density at radius 1 is 0.971 bits per heavy atom. The molecular formula is C24H11ClF4N4O2. The summed E-state index contributed by atoms with van der Waals surface area (Å²) in [7, 11) is 0. The Bertz CT molecular complexity index is 1550. The number of ketones is 1. The fourth-order valence-corrected chi connectivity index (χ4v) is 3.52. The molecule has 0 bridgehead atoms. The minimum Gasteiger partial charge on any atom is -0.322 e. The molecule has 0 saturated heterocycles. The summed E-state index contributed by atoms with van der Waals surface area (Å²) in [6.07, 6.45) is -3.40. The highest BCUT2D eigenvalue weighted by molar-refractivity contribution is 6.32. The highest BCUT2D eigenvalue weighted by Gasteiger charge is 2.33. The molecule has 0 atom stereocenters. The average molecular weight is 499 g/mol. The molecular weight excluding hydrogens is 488 g/mol. The Kier molecular flexibility index (Phi) is 6.20. The smallest absolute Gasteiger partial charge is 0.322 e. The maximum Gasteiger partial charge on any atom is 0.417 e. The molecule has 0 spiro atoms. The van der Waals surface area contributed by atoms with E-state index in [0.717, 1.165) is 24.3 Å². The predicted molar refractivity (Wildman–Crippen MR) is 118 cm³/mol. The van der Waals surface area contributed by atoms with Crippen LogP contribution >= 0.6 is 11.6 Å². The number of carbonyl (C=O) groups excluding carboxylic acids is 2. The third-order valence-electron chi connectivity index (χ3n) is 4.92. The summed E-state index contributed by atoms with van der Waals surface area (Å²) in [6, 6.07) is 11.9. The summed E-state index contributed by atoms with van der Waals surface area (Å²) < 4.78 is 53.1. The van der Waals surface area contributed by atoms with Gasteiger partial charge in [-0.1, -0.05) is 11.6 Å². The summed E-state index contributed by atoms with van der Waals surface area (Å²) >= 11 is 5.66. The van der Waals surface area contributed by atoms with Crippen LogP contribution < -0.4 is 5.32 Å². The third-order valence-corrected chi connectivity index (χ3v) is 5.24. The fraction of sp³-hybridized carbons (Fsp3) is 0.0417. The van der Waals surface area contributed by atoms with E-state index >= 15 is 0 Å². The molecule has 6 nitrogen and oxygen atoms in total. The van der Waals surface area contributed by atoms with Gasteiger partial charge in [0.15, 0.2) is 11.5 Å². The van der Waals surface area contributed by atoms with Crippen LogP contribution in [0, 0.1) is 17.1 Å². The molecule has 1 aromatic heterocycles. The van der Waals surface area contributed by atoms with E-state index < -0.39 is 34.3 Å². The van der Waals surface area contributed by atoms with E-state index in [1.807, 2.05) is 6.07 Å². The Hall–Kier alpha value is -4.36. The maximum absolute atomic E-state index is 14.5. The normalized spacial score (nSPS) is 11.2. The first-order valence-corrected chi connectivity index (χ1v) is 10.1. The first-order chi connectivity index (χ1) is 16.6. The molecule has 0 fully saturated rings. The first kappa shape index (κ1) is 23.8. The number of aromatic nitrogens is 2. The number of halogens is 5. The van der Waals surface area contributed by atoms with Gasteiger partial charge in [-0.2, -0.15) is 18.4 Å². The van der Waals surface area contributed by atoms with Gasteiger partial charge in [0, 0.05) is 16.8 Å². The van der Waals surface area contributed by atoms with Crippen LogP contribution in [0.3, 0.4) is 0 Å². The van der Waals surface area contributed by atoms with E-state index in [2.05, 4.69) is 15.3 Å². The van der Waals surface area contributed by atoms with Crippen LogP contribution in [0.4, 0.5) is 23.2 Å². The molecule has 0 aliphatic carbocycles. The van der Waals surface area contributed by atoms with Gasteiger partial charge in [0.2, 0.25) is 0 Å². The minimum absolute atomic E-state index is 0.0307. The van der Waals surface area contributed by atoms with Gasteiger partial charge in [-0.3, -0.25) is 14.6 Å². The molecule has 0 saturated carbocycles. The van der Waals surface area contributed by atoms with Gasteiger partial charge in [0.1, 0.15) is 11.9 Å². The van der Waals surface area contributed by atoms with Crippen LogP contribution in [0.15, 0.2) is 60.8 Å². The van der Waals surface area contributed by atoms with E-state index in [4.69, 9.17) is 16.9 Å². The van der Waals surface area contributed by atoms with Crippen LogP contribution in [0.25, 0.3) is 11.0 Å². The molecule has 3 aromatic carbocycles. The van der Waals surface area contributed by atoms with Crippen LogP contribution in [-0.4, -0.2) is 21.7 Å². The number of rotatable bonds is 4. The van der Waals surface area contributed by atoms with Crippen molar-refractivity contribution in [2.45, 2.75) is 6.18 Å². The van der Waals surface area contributed by atoms with E-state index in [9.17, 15) is 27.2 Å². The number of nitrogens with one attached hydrogen (secondary N) is 1. The number of anilines is 1. The summed E-state index contributed by atoms with van der Waals surface area (Å²) in [6.45, 7) is 0. The number of hydrogen-bond acceptors (Lipinski definition) is 5. The van der Waals surface area contributed by atoms with Gasteiger partial charge in [0.25, 0.3) is 5.91 Å². The molecule has 174 valence electrons. The van der Waals surface area contributed by atoms with E-state index in [1.165, 1.54) is 30.5 Å². The number of fused-ring (bicyclic) bond motifs is 1. The van der Waals surface area contributed by atoms with Crippen LogP contribution in [0.2, 0.25) is 5.02 Å². The molecule has 0 aliphatic rings. The zero-order valence-electron chi connectivity index (χ0n) is 17.3. The number of hydrogen-bond donors (Lipinski definition) is 1. The van der Waals surface area contributed by atoms with Crippen molar-refractivity contribution in [2.24, 2.45) is 0 Å². The second kappa shape index (κ2) is 9.12. The highest BCUT2D eigenvalue weighted by atomic mass is 35.5. The lowest BCUT2D eigenvalue weighted by atomic mass is 10.0. The Morgan fingerprint density at radius 3 is 2.40 bits per heavy atom. The van der Waals surface area contributed by atoms with Gasteiger partial charge in [-0.15, -0.1) is 0 Å². The number of alkyl halides is 3. The summed E-state index contributed by atoms with van der Waals surface area (Å²) in [5.41, 5.74) is -0.787. The Morgan fingerprint density at radius 2 is 1.71 bits per heavy atom. The first-order valence-electron chi connectivity index (χ1n) is 9.76. The Labute approximate surface area is 199 Å².